The molecule has 1 aromatic heterocycles. The number of nitriles is 1. The lowest BCUT2D eigenvalue weighted by Crippen LogP contribution is -2.30. The second-order valence-corrected chi connectivity index (χ2v) is 3.59. The van der Waals surface area contributed by atoms with Crippen LogP contribution in [0.1, 0.15) is 24.0 Å². The first kappa shape index (κ1) is 11.8. The number of furan rings is 1. The van der Waals surface area contributed by atoms with Gasteiger partial charge in [0.2, 0.25) is 0 Å². The van der Waals surface area contributed by atoms with Gasteiger partial charge < -0.3 is 10.2 Å². The maximum absolute atomic E-state index is 8.51. The molecule has 0 saturated carbocycles. The Morgan fingerprint density at radius 3 is 2.80 bits per heavy atom. The monoisotopic (exact) mass is 207 g/mol. The fraction of sp³-hybridized carbons (Fsp3) is 0.545. The molecule has 4 heteroatoms. The molecule has 0 aliphatic heterocycles. The molecule has 2 N–H and O–H groups in total. The van der Waals surface area contributed by atoms with Crippen molar-refractivity contribution in [2.75, 3.05) is 20.1 Å². The van der Waals surface area contributed by atoms with Gasteiger partial charge in [-0.3, -0.25) is 4.90 Å². The van der Waals surface area contributed by atoms with E-state index in [0.29, 0.717) is 19.5 Å². The van der Waals surface area contributed by atoms with Crippen molar-refractivity contribution in [2.24, 2.45) is 5.73 Å². The van der Waals surface area contributed by atoms with E-state index in [9.17, 15) is 0 Å². The molecular formula is C11H17N3O. The molecule has 0 aromatic carbocycles. The van der Waals surface area contributed by atoms with E-state index in [-0.39, 0.29) is 6.04 Å². The molecule has 1 unspecified atom stereocenters. The highest BCUT2D eigenvalue weighted by molar-refractivity contribution is 5.10. The van der Waals surface area contributed by atoms with E-state index in [4.69, 9.17) is 15.4 Å². The Morgan fingerprint density at radius 1 is 1.60 bits per heavy atom. The van der Waals surface area contributed by atoms with Crippen LogP contribution in [0.5, 0.6) is 0 Å². The van der Waals surface area contributed by atoms with Gasteiger partial charge in [0.05, 0.1) is 12.1 Å². The van der Waals surface area contributed by atoms with Crippen molar-refractivity contribution in [1.29, 1.82) is 5.26 Å². The summed E-state index contributed by atoms with van der Waals surface area (Å²) in [6.07, 6.45) is 0.507. The molecule has 0 fully saturated rings. The lowest BCUT2D eigenvalue weighted by molar-refractivity contribution is 0.223. The van der Waals surface area contributed by atoms with Crippen molar-refractivity contribution in [1.82, 2.24) is 4.90 Å². The number of likely N-dealkylation sites (N-methyl/N-ethyl adjacent to an activating group) is 1. The minimum atomic E-state index is 0.0621. The number of aryl methyl sites for hydroxylation is 1. The van der Waals surface area contributed by atoms with E-state index in [1.165, 1.54) is 0 Å². The summed E-state index contributed by atoms with van der Waals surface area (Å²) in [5, 5.41) is 8.51. The molecular weight excluding hydrogens is 190 g/mol. The highest BCUT2D eigenvalue weighted by atomic mass is 16.3. The average molecular weight is 207 g/mol. The van der Waals surface area contributed by atoms with Crippen LogP contribution in [0, 0.1) is 18.3 Å². The summed E-state index contributed by atoms with van der Waals surface area (Å²) in [6.45, 7) is 3.11. The summed E-state index contributed by atoms with van der Waals surface area (Å²) >= 11 is 0. The molecule has 0 spiro atoms. The van der Waals surface area contributed by atoms with Crippen molar-refractivity contribution in [3.63, 3.8) is 0 Å². The van der Waals surface area contributed by atoms with Gasteiger partial charge in [0, 0.05) is 19.5 Å². The standard InChI is InChI=1S/C11H17N3O/c1-9-4-5-11(15-9)10(8-13)14(2)7-3-6-12/h4-5,10H,3,7-8,13H2,1-2H3. The molecule has 82 valence electrons. The van der Waals surface area contributed by atoms with Crippen LogP contribution in [-0.2, 0) is 0 Å². The van der Waals surface area contributed by atoms with Gasteiger partial charge in [-0.15, -0.1) is 0 Å². The first-order valence-electron chi connectivity index (χ1n) is 5.02. The van der Waals surface area contributed by atoms with Gasteiger partial charge in [-0.1, -0.05) is 0 Å². The predicted molar refractivity (Wildman–Crippen MR) is 58.1 cm³/mol. The Bertz CT molecular complexity index is 340. The highest BCUT2D eigenvalue weighted by Gasteiger charge is 2.17. The summed E-state index contributed by atoms with van der Waals surface area (Å²) in [5.41, 5.74) is 5.70. The van der Waals surface area contributed by atoms with Gasteiger partial charge in [-0.25, -0.2) is 0 Å². The first-order chi connectivity index (χ1) is 7.19. The Labute approximate surface area is 90.3 Å². The molecule has 0 amide bonds. The van der Waals surface area contributed by atoms with Crippen LogP contribution in [0.4, 0.5) is 0 Å². The highest BCUT2D eigenvalue weighted by Crippen LogP contribution is 2.20. The van der Waals surface area contributed by atoms with Crippen LogP contribution in [0.2, 0.25) is 0 Å². The van der Waals surface area contributed by atoms with Crippen molar-refractivity contribution in [2.45, 2.75) is 19.4 Å². The van der Waals surface area contributed by atoms with Gasteiger partial charge in [0.1, 0.15) is 11.5 Å². The molecule has 0 aliphatic rings. The zero-order valence-electron chi connectivity index (χ0n) is 9.23. The smallest absolute Gasteiger partial charge is 0.122 e. The number of rotatable bonds is 5. The summed E-state index contributed by atoms with van der Waals surface area (Å²) in [4.78, 5) is 2.04. The van der Waals surface area contributed by atoms with E-state index in [0.717, 1.165) is 11.5 Å². The topological polar surface area (TPSA) is 66.2 Å². The number of hydrogen-bond acceptors (Lipinski definition) is 4. The third-order valence-corrected chi connectivity index (χ3v) is 2.42. The lowest BCUT2D eigenvalue weighted by atomic mass is 10.2. The number of nitrogens with zero attached hydrogens (tertiary/aromatic N) is 2. The summed E-state index contributed by atoms with van der Waals surface area (Å²) < 4.78 is 5.53. The van der Waals surface area contributed by atoms with Gasteiger partial charge in [0.15, 0.2) is 0 Å². The van der Waals surface area contributed by atoms with Crippen LogP contribution in [0.25, 0.3) is 0 Å². The molecule has 4 nitrogen and oxygen atoms in total. The zero-order chi connectivity index (χ0) is 11.3. The molecule has 1 rings (SSSR count). The molecule has 0 saturated heterocycles. The van der Waals surface area contributed by atoms with Crippen LogP contribution in [0.15, 0.2) is 16.5 Å². The van der Waals surface area contributed by atoms with E-state index in [1.54, 1.807) is 0 Å². The third-order valence-electron chi connectivity index (χ3n) is 2.42. The molecule has 1 heterocycles. The van der Waals surface area contributed by atoms with E-state index >= 15 is 0 Å². The number of hydrogen-bond donors (Lipinski definition) is 1. The van der Waals surface area contributed by atoms with Gasteiger partial charge in [-0.05, 0) is 26.1 Å². The normalized spacial score (nSPS) is 12.7. The summed E-state index contributed by atoms with van der Waals surface area (Å²) in [6, 6.07) is 6.05. The van der Waals surface area contributed by atoms with Crippen LogP contribution < -0.4 is 5.73 Å². The fourth-order valence-corrected chi connectivity index (χ4v) is 1.53. The van der Waals surface area contributed by atoms with E-state index in [2.05, 4.69) is 6.07 Å². The first-order valence-corrected chi connectivity index (χ1v) is 5.02. The van der Waals surface area contributed by atoms with Crippen molar-refractivity contribution < 1.29 is 4.42 Å². The lowest BCUT2D eigenvalue weighted by Gasteiger charge is -2.24. The Hall–Kier alpha value is -1.31. The molecule has 1 atom stereocenters. The van der Waals surface area contributed by atoms with E-state index < -0.39 is 0 Å². The third kappa shape index (κ3) is 3.08. The maximum atomic E-state index is 8.51. The van der Waals surface area contributed by atoms with E-state index in [1.807, 2.05) is 31.0 Å². The average Bonchev–Trinajstić information content (AvgIpc) is 2.63. The predicted octanol–water partition coefficient (Wildman–Crippen LogP) is 1.43. The summed E-state index contributed by atoms with van der Waals surface area (Å²) in [5.74, 6) is 1.76. The minimum absolute atomic E-state index is 0.0621. The van der Waals surface area contributed by atoms with Gasteiger partial charge in [0.25, 0.3) is 0 Å². The van der Waals surface area contributed by atoms with Crippen LogP contribution >= 0.6 is 0 Å². The van der Waals surface area contributed by atoms with Crippen molar-refractivity contribution in [3.05, 3.63) is 23.7 Å². The Balaban J connectivity index is 2.67. The Kier molecular flexibility index (Phi) is 4.35. The number of nitrogens with two attached hydrogens (primary N) is 1. The zero-order valence-corrected chi connectivity index (χ0v) is 9.23. The van der Waals surface area contributed by atoms with Gasteiger partial charge >= 0.3 is 0 Å². The fourth-order valence-electron chi connectivity index (χ4n) is 1.53. The molecule has 0 aliphatic carbocycles. The van der Waals surface area contributed by atoms with Crippen LogP contribution in [-0.4, -0.2) is 25.0 Å². The maximum Gasteiger partial charge on any atom is 0.122 e. The largest absolute Gasteiger partial charge is 0.465 e. The van der Waals surface area contributed by atoms with Crippen molar-refractivity contribution >= 4 is 0 Å². The second kappa shape index (κ2) is 5.54. The van der Waals surface area contributed by atoms with Crippen molar-refractivity contribution in [3.8, 4) is 6.07 Å². The Morgan fingerprint density at radius 2 is 2.33 bits per heavy atom. The molecule has 0 bridgehead atoms. The molecule has 1 aromatic rings. The molecule has 15 heavy (non-hydrogen) atoms. The minimum Gasteiger partial charge on any atom is -0.465 e. The van der Waals surface area contributed by atoms with Gasteiger partial charge in [-0.2, -0.15) is 5.26 Å². The quantitative estimate of drug-likeness (QED) is 0.793. The second-order valence-electron chi connectivity index (χ2n) is 3.59. The SMILES string of the molecule is Cc1ccc(C(CN)N(C)CCC#N)o1. The molecule has 0 radical (unpaired) electrons. The van der Waals surface area contributed by atoms with Crippen LogP contribution in [0.3, 0.4) is 0 Å². The summed E-state index contributed by atoms with van der Waals surface area (Å²) in [7, 11) is 1.95.